The molecule has 1 rings (SSSR count). The molecule has 4 nitrogen and oxygen atoms in total. The van der Waals surface area contributed by atoms with Gasteiger partial charge in [-0.1, -0.05) is 19.1 Å². The van der Waals surface area contributed by atoms with Crippen molar-refractivity contribution in [2.24, 2.45) is 0 Å². The van der Waals surface area contributed by atoms with Crippen molar-refractivity contribution in [1.29, 1.82) is 0 Å². The molecule has 2 N–H and O–H groups in total. The lowest BCUT2D eigenvalue weighted by molar-refractivity contribution is -0.153. The number of rotatable bonds is 6. The van der Waals surface area contributed by atoms with Gasteiger partial charge in [0.2, 0.25) is 0 Å². The molecular weight excluding hydrogens is 240 g/mol. The molecule has 0 fully saturated rings. The Kier molecular flexibility index (Phi) is 5.36. The first-order chi connectivity index (χ1) is 8.96. The second kappa shape index (κ2) is 6.57. The van der Waals surface area contributed by atoms with Crippen molar-refractivity contribution in [2.75, 3.05) is 19.4 Å². The highest BCUT2D eigenvalue weighted by Gasteiger charge is 2.34. The zero-order chi connectivity index (χ0) is 14.5. The molecule has 0 saturated carbocycles. The number of likely N-dealkylation sites (N-methyl/N-ethyl adjacent to an activating group) is 1. The molecule has 1 aromatic rings. The molecule has 1 unspecified atom stereocenters. The van der Waals surface area contributed by atoms with Gasteiger partial charge in [0.1, 0.15) is 5.60 Å². The number of benzene rings is 1. The fourth-order valence-electron chi connectivity index (χ4n) is 1.89. The van der Waals surface area contributed by atoms with E-state index in [1.807, 2.05) is 45.0 Å². The average Bonchev–Trinajstić information content (AvgIpc) is 2.45. The third kappa shape index (κ3) is 3.70. The van der Waals surface area contributed by atoms with Crippen molar-refractivity contribution < 1.29 is 9.53 Å². The van der Waals surface area contributed by atoms with Crippen molar-refractivity contribution in [3.63, 3.8) is 0 Å². The van der Waals surface area contributed by atoms with Crippen LogP contribution in [0.3, 0.4) is 0 Å². The summed E-state index contributed by atoms with van der Waals surface area (Å²) in [6, 6.07) is 7.59. The summed E-state index contributed by atoms with van der Waals surface area (Å²) in [7, 11) is 1.58. The van der Waals surface area contributed by atoms with E-state index in [-0.39, 0.29) is 5.91 Å². The third-order valence-electron chi connectivity index (χ3n) is 3.60. The van der Waals surface area contributed by atoms with Crippen molar-refractivity contribution >= 4 is 11.6 Å². The van der Waals surface area contributed by atoms with Crippen LogP contribution in [0.25, 0.3) is 0 Å². The molecule has 0 bridgehead atoms. The number of nitrogens with zero attached hydrogens (tertiary/aromatic N) is 1. The number of nitrogens with two attached hydrogens (primary N) is 1. The average molecular weight is 264 g/mol. The van der Waals surface area contributed by atoms with Gasteiger partial charge in [0, 0.05) is 25.9 Å². The van der Waals surface area contributed by atoms with Gasteiger partial charge in [-0.15, -0.1) is 0 Å². The van der Waals surface area contributed by atoms with Crippen molar-refractivity contribution in [2.45, 2.75) is 39.3 Å². The minimum absolute atomic E-state index is 0.0248. The first-order valence-corrected chi connectivity index (χ1v) is 6.65. The first-order valence-electron chi connectivity index (χ1n) is 6.65. The fourth-order valence-corrected chi connectivity index (χ4v) is 1.89. The summed E-state index contributed by atoms with van der Waals surface area (Å²) in [6.07, 6.45) is 0.653. The van der Waals surface area contributed by atoms with Crippen molar-refractivity contribution in [3.8, 4) is 0 Å². The molecule has 0 aliphatic rings. The molecule has 106 valence electrons. The van der Waals surface area contributed by atoms with Crippen LogP contribution in [0.4, 0.5) is 5.69 Å². The number of carbonyl (C=O) groups excluding carboxylic acids is 1. The quantitative estimate of drug-likeness (QED) is 0.803. The number of ether oxygens (including phenoxy) is 1. The van der Waals surface area contributed by atoms with Gasteiger partial charge in [-0.25, -0.2) is 0 Å². The monoisotopic (exact) mass is 264 g/mol. The van der Waals surface area contributed by atoms with Gasteiger partial charge in [-0.05, 0) is 38.0 Å². The predicted molar refractivity (Wildman–Crippen MR) is 77.7 cm³/mol. The van der Waals surface area contributed by atoms with Gasteiger partial charge in [-0.3, -0.25) is 4.79 Å². The molecule has 1 atom stereocenters. The molecule has 0 aliphatic carbocycles. The highest BCUT2D eigenvalue weighted by molar-refractivity contribution is 5.84. The lowest BCUT2D eigenvalue weighted by Crippen LogP contribution is -2.47. The molecule has 0 aliphatic heterocycles. The van der Waals surface area contributed by atoms with Gasteiger partial charge in [0.05, 0.1) is 0 Å². The smallest absolute Gasteiger partial charge is 0.254 e. The van der Waals surface area contributed by atoms with E-state index in [4.69, 9.17) is 10.5 Å². The summed E-state index contributed by atoms with van der Waals surface area (Å²) >= 11 is 0. The molecule has 0 aromatic heterocycles. The van der Waals surface area contributed by atoms with Crippen LogP contribution in [-0.2, 0) is 16.1 Å². The minimum atomic E-state index is -0.746. The zero-order valence-corrected chi connectivity index (χ0v) is 12.3. The topological polar surface area (TPSA) is 55.6 Å². The summed E-state index contributed by atoms with van der Waals surface area (Å²) in [4.78, 5) is 14.3. The van der Waals surface area contributed by atoms with Gasteiger partial charge in [0.25, 0.3) is 5.91 Å². The molecule has 0 spiro atoms. The van der Waals surface area contributed by atoms with Gasteiger partial charge in [-0.2, -0.15) is 0 Å². The van der Waals surface area contributed by atoms with E-state index < -0.39 is 5.60 Å². The van der Waals surface area contributed by atoms with Crippen LogP contribution in [0, 0.1) is 0 Å². The van der Waals surface area contributed by atoms with Gasteiger partial charge in [0.15, 0.2) is 0 Å². The highest BCUT2D eigenvalue weighted by atomic mass is 16.5. The number of hydrogen-bond donors (Lipinski definition) is 1. The Bertz CT molecular complexity index is 411. The molecule has 0 saturated heterocycles. The maximum atomic E-state index is 12.5. The molecule has 1 amide bonds. The maximum Gasteiger partial charge on any atom is 0.254 e. The van der Waals surface area contributed by atoms with Gasteiger partial charge < -0.3 is 15.4 Å². The molecule has 4 heteroatoms. The Morgan fingerprint density at radius 3 is 2.32 bits per heavy atom. The van der Waals surface area contributed by atoms with Crippen molar-refractivity contribution in [1.82, 2.24) is 4.90 Å². The summed E-state index contributed by atoms with van der Waals surface area (Å²) in [5.41, 5.74) is 6.71. The largest absolute Gasteiger partial charge is 0.399 e. The molecule has 19 heavy (non-hydrogen) atoms. The Balaban J connectivity index is 2.83. The summed E-state index contributed by atoms with van der Waals surface area (Å²) in [5, 5.41) is 0. The Morgan fingerprint density at radius 2 is 1.89 bits per heavy atom. The summed E-state index contributed by atoms with van der Waals surface area (Å²) in [5.74, 6) is 0.0248. The minimum Gasteiger partial charge on any atom is -0.399 e. The van der Waals surface area contributed by atoms with Crippen molar-refractivity contribution in [3.05, 3.63) is 29.8 Å². The Hall–Kier alpha value is -1.55. The van der Waals surface area contributed by atoms with E-state index in [0.717, 1.165) is 11.3 Å². The van der Waals surface area contributed by atoms with Crippen LogP contribution in [0.2, 0.25) is 0 Å². The second-order valence-electron chi connectivity index (χ2n) is 4.85. The SMILES string of the molecule is CCN(Cc1ccc(N)cc1)C(=O)C(C)(CC)OC. The molecule has 0 heterocycles. The zero-order valence-electron chi connectivity index (χ0n) is 12.3. The van der Waals surface area contributed by atoms with Crippen LogP contribution in [-0.4, -0.2) is 30.1 Å². The number of hydrogen-bond acceptors (Lipinski definition) is 3. The van der Waals surface area contributed by atoms with E-state index >= 15 is 0 Å². The van der Waals surface area contributed by atoms with Crippen LogP contribution in [0.1, 0.15) is 32.8 Å². The third-order valence-corrected chi connectivity index (χ3v) is 3.60. The Morgan fingerprint density at radius 1 is 1.32 bits per heavy atom. The summed E-state index contributed by atoms with van der Waals surface area (Å²) in [6.45, 7) is 7.00. The van der Waals surface area contributed by atoms with E-state index in [1.54, 1.807) is 12.0 Å². The van der Waals surface area contributed by atoms with E-state index in [1.165, 1.54) is 0 Å². The van der Waals surface area contributed by atoms with E-state index in [9.17, 15) is 4.79 Å². The normalized spacial score (nSPS) is 13.9. The van der Waals surface area contributed by atoms with Crippen LogP contribution < -0.4 is 5.73 Å². The fraction of sp³-hybridized carbons (Fsp3) is 0.533. The molecule has 0 radical (unpaired) electrons. The lowest BCUT2D eigenvalue weighted by Gasteiger charge is -2.32. The molecule has 1 aromatic carbocycles. The number of methoxy groups -OCH3 is 1. The van der Waals surface area contributed by atoms with E-state index in [2.05, 4.69) is 0 Å². The number of amides is 1. The number of carbonyl (C=O) groups is 1. The van der Waals surface area contributed by atoms with Gasteiger partial charge >= 0.3 is 0 Å². The van der Waals surface area contributed by atoms with Crippen LogP contribution in [0.15, 0.2) is 24.3 Å². The number of nitrogen functional groups attached to an aromatic ring is 1. The predicted octanol–water partition coefficient (Wildman–Crippen LogP) is 2.43. The second-order valence-corrected chi connectivity index (χ2v) is 4.85. The highest BCUT2D eigenvalue weighted by Crippen LogP contribution is 2.19. The van der Waals surface area contributed by atoms with Crippen LogP contribution in [0.5, 0.6) is 0 Å². The maximum absolute atomic E-state index is 12.5. The van der Waals surface area contributed by atoms with Crippen LogP contribution >= 0.6 is 0 Å². The first kappa shape index (κ1) is 15.5. The summed E-state index contributed by atoms with van der Waals surface area (Å²) < 4.78 is 5.38. The standard InChI is InChI=1S/C15H24N2O2/c1-5-15(3,19-4)14(18)17(6-2)11-12-7-9-13(16)10-8-12/h7-10H,5-6,11,16H2,1-4H3. The number of anilines is 1. The Labute approximate surface area is 115 Å². The molecular formula is C15H24N2O2. The lowest BCUT2D eigenvalue weighted by atomic mass is 10.0. The van der Waals surface area contributed by atoms with E-state index in [0.29, 0.717) is 19.5 Å².